The number of aryl methyl sites for hydroxylation is 1. The highest BCUT2D eigenvalue weighted by atomic mass is 35.5. The maximum Gasteiger partial charge on any atom is 0.413 e. The molecule has 0 saturated heterocycles. The number of carbonyl (C=O) groups is 1. The minimum atomic E-state index is -3.68. The van der Waals surface area contributed by atoms with Gasteiger partial charge in [0, 0.05) is 18.8 Å². The monoisotopic (exact) mass is 469 g/mol. The Hall–Kier alpha value is -3.32. The summed E-state index contributed by atoms with van der Waals surface area (Å²) in [6, 6.07) is 5.84. The number of nitrogens with zero attached hydrogens (tertiary/aromatic N) is 5. The molecule has 14 heteroatoms. The van der Waals surface area contributed by atoms with Crippen LogP contribution in [0.25, 0.3) is 11.4 Å². The zero-order chi connectivity index (χ0) is 22.8. The molecule has 0 bridgehead atoms. The maximum atomic E-state index is 14.2. The highest BCUT2D eigenvalue weighted by molar-refractivity contribution is 7.92. The summed E-state index contributed by atoms with van der Waals surface area (Å²) in [5.74, 6) is -0.979. The smallest absolute Gasteiger partial charge is 0.413 e. The number of sulfonamides is 1. The van der Waals surface area contributed by atoms with Gasteiger partial charge in [0.1, 0.15) is 16.9 Å². The van der Waals surface area contributed by atoms with Crippen LogP contribution >= 0.6 is 11.6 Å². The normalized spacial score (nSPS) is 12.3. The Balaban J connectivity index is 1.80. The van der Waals surface area contributed by atoms with Crippen LogP contribution in [0.3, 0.4) is 0 Å². The van der Waals surface area contributed by atoms with Crippen molar-refractivity contribution in [3.05, 3.63) is 47.1 Å². The first kappa shape index (κ1) is 22.4. The average Bonchev–Trinajstić information content (AvgIpc) is 3.03. The molecule has 3 rings (SSSR count). The summed E-state index contributed by atoms with van der Waals surface area (Å²) in [6.45, 7) is 1.62. The fourth-order valence-electron chi connectivity index (χ4n) is 2.56. The molecule has 3 aromatic rings. The number of amides is 1. The van der Waals surface area contributed by atoms with Gasteiger partial charge < -0.3 is 4.74 Å². The number of hydrogen-bond donors (Lipinski definition) is 2. The molecule has 0 spiro atoms. The number of carbonyl (C=O) groups excluding carboxylic acids is 1. The molecule has 0 aliphatic rings. The standard InChI is InChI=1S/C17H17ClFN7O4S/c1-9(10-5-4-8-20-14(10)18)30-17(27)22-16-13(23-25-26(16)2)11-6-7-12(15(19)21-11)24-31(3,28)29/h4-9,24H,1-3H3,(H,22,27)/t9-/m1/s1. The van der Waals surface area contributed by atoms with Crippen molar-refractivity contribution in [3.63, 3.8) is 0 Å². The molecule has 1 amide bonds. The van der Waals surface area contributed by atoms with E-state index in [9.17, 15) is 17.6 Å². The van der Waals surface area contributed by atoms with Crippen LogP contribution < -0.4 is 10.0 Å². The van der Waals surface area contributed by atoms with E-state index >= 15 is 0 Å². The van der Waals surface area contributed by atoms with Crippen molar-refractivity contribution in [1.82, 2.24) is 25.0 Å². The zero-order valence-corrected chi connectivity index (χ0v) is 18.1. The van der Waals surface area contributed by atoms with Crippen LogP contribution in [0.4, 0.5) is 20.7 Å². The van der Waals surface area contributed by atoms with Gasteiger partial charge in [-0.2, -0.15) is 4.39 Å². The van der Waals surface area contributed by atoms with Crippen molar-refractivity contribution < 1.29 is 22.3 Å². The van der Waals surface area contributed by atoms with Crippen molar-refractivity contribution in [2.75, 3.05) is 16.3 Å². The minimum Gasteiger partial charge on any atom is -0.441 e. The average molecular weight is 470 g/mol. The van der Waals surface area contributed by atoms with Crippen molar-refractivity contribution in [2.45, 2.75) is 13.0 Å². The molecule has 0 unspecified atom stereocenters. The SMILES string of the molecule is C[C@@H](OC(=O)Nc1c(-c2ccc(NS(C)(=O)=O)c(F)n2)nnn1C)c1cccnc1Cl. The van der Waals surface area contributed by atoms with Crippen LogP contribution in [0.15, 0.2) is 30.5 Å². The first-order valence-electron chi connectivity index (χ1n) is 8.67. The topological polar surface area (TPSA) is 141 Å². The van der Waals surface area contributed by atoms with E-state index in [0.29, 0.717) is 5.56 Å². The number of hydrogen-bond acceptors (Lipinski definition) is 8. The van der Waals surface area contributed by atoms with E-state index in [1.54, 1.807) is 19.1 Å². The van der Waals surface area contributed by atoms with Gasteiger partial charge in [0.2, 0.25) is 16.0 Å². The summed E-state index contributed by atoms with van der Waals surface area (Å²) < 4.78 is 45.4. The number of ether oxygens (including phenoxy) is 1. The van der Waals surface area contributed by atoms with Crippen LogP contribution in [-0.4, -0.2) is 45.7 Å². The predicted molar refractivity (Wildman–Crippen MR) is 110 cm³/mol. The molecule has 2 N–H and O–H groups in total. The third kappa shape index (κ3) is 5.44. The van der Waals surface area contributed by atoms with Gasteiger partial charge in [0.15, 0.2) is 11.5 Å². The van der Waals surface area contributed by atoms with Crippen molar-refractivity contribution in [1.29, 1.82) is 0 Å². The van der Waals surface area contributed by atoms with Gasteiger partial charge in [-0.1, -0.05) is 22.9 Å². The minimum absolute atomic E-state index is 0.0169. The lowest BCUT2D eigenvalue weighted by atomic mass is 10.2. The molecule has 0 aliphatic heterocycles. The Morgan fingerprint density at radius 2 is 2.06 bits per heavy atom. The maximum absolute atomic E-state index is 14.2. The number of halogens is 2. The van der Waals surface area contributed by atoms with Crippen LogP contribution in [0.5, 0.6) is 0 Å². The Morgan fingerprint density at radius 1 is 1.32 bits per heavy atom. The van der Waals surface area contributed by atoms with Crippen LogP contribution in [0.1, 0.15) is 18.6 Å². The summed E-state index contributed by atoms with van der Waals surface area (Å²) in [7, 11) is -2.18. The molecule has 11 nitrogen and oxygen atoms in total. The molecule has 3 heterocycles. The highest BCUT2D eigenvalue weighted by Crippen LogP contribution is 2.27. The second-order valence-electron chi connectivity index (χ2n) is 6.38. The summed E-state index contributed by atoms with van der Waals surface area (Å²) in [6.07, 6.45) is 0.850. The Labute approximate surface area is 181 Å². The third-order valence-corrected chi connectivity index (χ3v) is 4.85. The first-order valence-corrected chi connectivity index (χ1v) is 10.9. The fourth-order valence-corrected chi connectivity index (χ4v) is 3.39. The molecule has 0 aliphatic carbocycles. The highest BCUT2D eigenvalue weighted by Gasteiger charge is 2.21. The van der Waals surface area contributed by atoms with E-state index < -0.39 is 28.2 Å². The Morgan fingerprint density at radius 3 is 2.71 bits per heavy atom. The second-order valence-corrected chi connectivity index (χ2v) is 8.48. The zero-order valence-electron chi connectivity index (χ0n) is 16.5. The lowest BCUT2D eigenvalue weighted by Gasteiger charge is -2.15. The van der Waals surface area contributed by atoms with E-state index in [0.717, 1.165) is 6.26 Å². The molecule has 0 fully saturated rings. The van der Waals surface area contributed by atoms with Crippen LogP contribution in [0.2, 0.25) is 5.15 Å². The molecule has 164 valence electrons. The summed E-state index contributed by atoms with van der Waals surface area (Å²) in [4.78, 5) is 20.0. The molecular formula is C17H17ClFN7O4S. The van der Waals surface area contributed by atoms with Crippen molar-refractivity contribution in [2.24, 2.45) is 7.05 Å². The van der Waals surface area contributed by atoms with Gasteiger partial charge >= 0.3 is 6.09 Å². The predicted octanol–water partition coefficient (Wildman–Crippen LogP) is 2.75. The Bertz CT molecular complexity index is 1230. The van der Waals surface area contributed by atoms with E-state index in [1.165, 1.54) is 30.1 Å². The molecule has 0 radical (unpaired) electrons. The number of pyridine rings is 2. The number of anilines is 2. The van der Waals surface area contributed by atoms with Gasteiger partial charge in [-0.05, 0) is 25.1 Å². The molecule has 0 aromatic carbocycles. The van der Waals surface area contributed by atoms with Gasteiger partial charge in [-0.15, -0.1) is 5.10 Å². The van der Waals surface area contributed by atoms with Crippen molar-refractivity contribution in [3.8, 4) is 11.4 Å². The Kier molecular flexibility index (Phi) is 6.36. The lowest BCUT2D eigenvalue weighted by molar-refractivity contribution is 0.121. The van der Waals surface area contributed by atoms with Gasteiger partial charge in [0.05, 0.1) is 11.9 Å². The van der Waals surface area contributed by atoms with Gasteiger partial charge in [-0.25, -0.2) is 27.9 Å². The van der Waals surface area contributed by atoms with Gasteiger partial charge in [0.25, 0.3) is 0 Å². The lowest BCUT2D eigenvalue weighted by Crippen LogP contribution is -2.18. The summed E-state index contributed by atoms with van der Waals surface area (Å²) >= 11 is 6.01. The van der Waals surface area contributed by atoms with Crippen molar-refractivity contribution >= 4 is 39.2 Å². The fraction of sp³-hybridized carbons (Fsp3) is 0.235. The van der Waals surface area contributed by atoms with E-state index in [2.05, 4.69) is 25.6 Å². The molecule has 31 heavy (non-hydrogen) atoms. The summed E-state index contributed by atoms with van der Waals surface area (Å²) in [5, 5.41) is 10.4. The largest absolute Gasteiger partial charge is 0.441 e. The van der Waals surface area contributed by atoms with Crippen LogP contribution in [0, 0.1) is 5.95 Å². The number of rotatable bonds is 6. The van der Waals surface area contributed by atoms with E-state index in [1.807, 2.05) is 4.72 Å². The van der Waals surface area contributed by atoms with Crippen LogP contribution in [-0.2, 0) is 21.8 Å². The summed E-state index contributed by atoms with van der Waals surface area (Å²) in [5.41, 5.74) is 0.256. The van der Waals surface area contributed by atoms with E-state index in [-0.39, 0.29) is 28.0 Å². The molecule has 0 saturated carbocycles. The number of aromatic nitrogens is 5. The third-order valence-electron chi connectivity index (χ3n) is 3.94. The quantitative estimate of drug-likeness (QED) is 0.525. The molecule has 3 aromatic heterocycles. The van der Waals surface area contributed by atoms with E-state index in [4.69, 9.17) is 16.3 Å². The second kappa shape index (κ2) is 8.81. The molecular weight excluding hydrogens is 453 g/mol. The molecule has 1 atom stereocenters. The first-order chi connectivity index (χ1) is 14.5. The number of nitrogens with one attached hydrogen (secondary N) is 2. The van der Waals surface area contributed by atoms with Gasteiger partial charge in [-0.3, -0.25) is 10.0 Å².